The summed E-state index contributed by atoms with van der Waals surface area (Å²) in [5, 5.41) is 37.5. The molecule has 0 spiro atoms. The Morgan fingerprint density at radius 1 is 0.316 bits per heavy atom. The molecule has 0 unspecified atom stereocenters. The summed E-state index contributed by atoms with van der Waals surface area (Å²) in [6.45, 7) is 32.0. The number of benzene rings is 9. The van der Waals surface area contributed by atoms with E-state index in [0.717, 1.165) is 33.6 Å². The lowest BCUT2D eigenvalue weighted by Crippen LogP contribution is -2.34. The second-order valence-electron chi connectivity index (χ2n) is 14.9. The van der Waals surface area contributed by atoms with Gasteiger partial charge in [0.1, 0.15) is 5.75 Å². The molecule has 0 bridgehead atoms. The fourth-order valence-electron chi connectivity index (χ4n) is 7.70. The molecule has 10 rings (SSSR count). The van der Waals surface area contributed by atoms with Gasteiger partial charge in [0.15, 0.2) is 5.60 Å². The van der Waals surface area contributed by atoms with Crippen LogP contribution in [0.25, 0.3) is 50.2 Å². The normalized spacial score (nSPS) is 10.1. The van der Waals surface area contributed by atoms with Gasteiger partial charge in [0, 0.05) is 16.7 Å². The average molecular weight is 1180 g/mol. The first kappa shape index (κ1) is 74.6. The monoisotopic (exact) mass is 1170 g/mol. The predicted molar refractivity (Wildman–Crippen MR) is 362 cm³/mol. The van der Waals surface area contributed by atoms with Gasteiger partial charge in [-0.1, -0.05) is 335 Å². The van der Waals surface area contributed by atoms with Gasteiger partial charge in [0.25, 0.3) is 0 Å². The molecule has 0 saturated heterocycles. The van der Waals surface area contributed by atoms with Crippen molar-refractivity contribution in [3.8, 4) is 39.1 Å². The van der Waals surface area contributed by atoms with E-state index in [1.165, 1.54) is 33.0 Å². The van der Waals surface area contributed by atoms with Crippen molar-refractivity contribution < 1.29 is 24.8 Å². The Kier molecular flexibility index (Phi) is 42.8. The maximum Gasteiger partial charge on any atom is 0.488 e. The van der Waals surface area contributed by atoms with E-state index in [-0.39, 0.29) is 24.0 Å². The van der Waals surface area contributed by atoms with Crippen LogP contribution in [0.5, 0.6) is 5.75 Å². The smallest absolute Gasteiger partial charge is 0.473 e. The lowest BCUT2D eigenvalue weighted by atomic mass is 9.80. The van der Waals surface area contributed by atoms with Crippen LogP contribution in [0.3, 0.4) is 0 Å². The van der Waals surface area contributed by atoms with Crippen LogP contribution in [0.15, 0.2) is 237 Å². The van der Waals surface area contributed by atoms with Crippen LogP contribution < -0.4 is 15.7 Å². The number of ether oxygens (including phenoxy) is 1. The topological polar surface area (TPSA) is 90.2 Å². The van der Waals surface area contributed by atoms with E-state index in [0.29, 0.717) is 10.9 Å². The lowest BCUT2D eigenvalue weighted by molar-refractivity contribution is 0.161. The highest BCUT2D eigenvalue weighted by atomic mass is 127. The van der Waals surface area contributed by atoms with Crippen molar-refractivity contribution in [2.75, 3.05) is 0 Å². The van der Waals surface area contributed by atoms with E-state index in [1.807, 2.05) is 171 Å². The first-order valence-corrected chi connectivity index (χ1v) is 28.5. The fraction of sp³-hybridized carbons (Fsp3) is 0.239. The van der Waals surface area contributed by atoms with Crippen LogP contribution in [-0.2, 0) is 5.60 Å². The molecule has 9 aromatic rings. The summed E-state index contributed by atoms with van der Waals surface area (Å²) in [6.07, 6.45) is 4.45. The molecule has 9 aromatic carbocycles. The lowest BCUT2D eigenvalue weighted by Gasteiger charge is -2.36. The van der Waals surface area contributed by atoms with E-state index in [9.17, 15) is 0 Å². The molecular formula is C71H93B2IO5. The van der Waals surface area contributed by atoms with Crippen LogP contribution in [0, 0.1) is 0 Å². The van der Waals surface area contributed by atoms with Crippen LogP contribution in [-0.4, -0.2) is 34.3 Å². The SMILES string of the molecule is C1=CC(c2ccccc2)(c2ccccc2)Oc2cc(-c3ccc(-c4ccccc4)cc3)c3ccccc3c21.CC.CC.CC.CC.CC.CC.CC.CC.I.OB(O)c1ccc(-c2ccccc2)cc1.OB(O)c1ccccc1. The first-order valence-electron chi connectivity index (χ1n) is 28.5. The third-order valence-corrected chi connectivity index (χ3v) is 10.9. The molecule has 8 heteroatoms. The highest BCUT2D eigenvalue weighted by Crippen LogP contribution is 2.46. The minimum absolute atomic E-state index is 0. The Hall–Kier alpha value is -6.52. The van der Waals surface area contributed by atoms with E-state index in [4.69, 9.17) is 24.8 Å². The summed E-state index contributed by atoms with van der Waals surface area (Å²) in [4.78, 5) is 0. The predicted octanol–water partition coefficient (Wildman–Crippen LogP) is 18.8. The molecular weight excluding hydrogens is 1080 g/mol. The molecule has 0 amide bonds. The second kappa shape index (κ2) is 45.4. The fourth-order valence-corrected chi connectivity index (χ4v) is 7.70. The molecule has 0 fully saturated rings. The zero-order valence-corrected chi connectivity index (χ0v) is 52.7. The molecule has 0 aliphatic carbocycles. The van der Waals surface area contributed by atoms with Crippen molar-refractivity contribution in [2.24, 2.45) is 0 Å². The molecule has 0 saturated carbocycles. The Morgan fingerprint density at radius 3 is 0.975 bits per heavy atom. The van der Waals surface area contributed by atoms with Gasteiger partial charge in [-0.2, -0.15) is 0 Å². The Morgan fingerprint density at radius 2 is 0.608 bits per heavy atom. The number of hydrogen-bond acceptors (Lipinski definition) is 5. The first-order chi connectivity index (χ1) is 38.4. The van der Waals surface area contributed by atoms with E-state index >= 15 is 0 Å². The minimum atomic E-state index is -1.39. The van der Waals surface area contributed by atoms with Crippen LogP contribution in [0.2, 0.25) is 0 Å². The van der Waals surface area contributed by atoms with Crippen LogP contribution in [0.4, 0.5) is 0 Å². The largest absolute Gasteiger partial charge is 0.488 e. The number of hydrogen-bond donors (Lipinski definition) is 4. The molecule has 0 radical (unpaired) electrons. The van der Waals surface area contributed by atoms with Gasteiger partial charge >= 0.3 is 14.2 Å². The standard InChI is InChI=1S/C37H26O.C12H11BO2.C6H7BO2.8C2H6.HI/c1-4-12-27(13-5-1)28-20-22-29(23-21-28)35-26-36-34(32-18-10-11-19-33(32)35)24-25-37(38-36,30-14-6-2-7-15-30)31-16-8-3-9-17-31;14-13(15)12-8-6-11(7-9-12)10-4-2-1-3-5-10;8-7(9)6-4-2-1-3-5-6;8*1-2;/h1-26H;1-9,14-15H;1-5,8-9H;8*1-2H3;1H. The van der Waals surface area contributed by atoms with Gasteiger partial charge in [0.05, 0.1) is 0 Å². The summed E-state index contributed by atoms with van der Waals surface area (Å²) in [5.74, 6) is 0.890. The summed E-state index contributed by atoms with van der Waals surface area (Å²) < 4.78 is 7.07. The molecule has 1 aliphatic rings. The highest BCUT2D eigenvalue weighted by molar-refractivity contribution is 14.0. The van der Waals surface area contributed by atoms with Gasteiger partial charge in [-0.05, 0) is 73.3 Å². The Bertz CT molecular complexity index is 2810. The molecule has 1 aliphatic heterocycles. The van der Waals surface area contributed by atoms with Crippen LogP contribution in [0.1, 0.15) is 127 Å². The summed E-state index contributed by atoms with van der Waals surface area (Å²) in [7, 11) is -2.74. The third-order valence-electron chi connectivity index (χ3n) is 10.9. The molecule has 5 nitrogen and oxygen atoms in total. The highest BCUT2D eigenvalue weighted by Gasteiger charge is 2.37. The molecule has 1 heterocycles. The average Bonchev–Trinajstić information content (AvgIpc) is 3.57. The summed E-state index contributed by atoms with van der Waals surface area (Å²) in [5.41, 5.74) is 10.6. The van der Waals surface area contributed by atoms with Crippen LogP contribution >= 0.6 is 24.0 Å². The maximum atomic E-state index is 8.94. The van der Waals surface area contributed by atoms with Crippen molar-refractivity contribution in [1.82, 2.24) is 0 Å². The van der Waals surface area contributed by atoms with Gasteiger partial charge < -0.3 is 24.8 Å². The van der Waals surface area contributed by atoms with Crippen molar-refractivity contribution >= 4 is 66.0 Å². The second-order valence-corrected chi connectivity index (χ2v) is 14.9. The maximum absolute atomic E-state index is 8.94. The molecule has 4 N–H and O–H groups in total. The number of halogens is 1. The van der Waals surface area contributed by atoms with Crippen molar-refractivity contribution in [3.63, 3.8) is 0 Å². The summed E-state index contributed by atoms with van der Waals surface area (Å²) >= 11 is 0. The van der Waals surface area contributed by atoms with Crippen molar-refractivity contribution in [1.29, 1.82) is 0 Å². The molecule has 420 valence electrons. The molecule has 79 heavy (non-hydrogen) atoms. The van der Waals surface area contributed by atoms with E-state index in [1.54, 1.807) is 36.4 Å². The molecule has 0 atom stereocenters. The van der Waals surface area contributed by atoms with Gasteiger partial charge in [0.2, 0.25) is 0 Å². The Labute approximate surface area is 496 Å². The van der Waals surface area contributed by atoms with Gasteiger partial charge in [-0.25, -0.2) is 0 Å². The van der Waals surface area contributed by atoms with E-state index in [2.05, 4.69) is 146 Å². The summed E-state index contributed by atoms with van der Waals surface area (Å²) in [6, 6.07) is 77.0. The van der Waals surface area contributed by atoms with Gasteiger partial charge in [-0.3, -0.25) is 0 Å². The zero-order chi connectivity index (χ0) is 58.7. The quantitative estimate of drug-likeness (QED) is 0.0943. The van der Waals surface area contributed by atoms with Crippen molar-refractivity contribution in [3.05, 3.63) is 253 Å². The van der Waals surface area contributed by atoms with Gasteiger partial charge in [-0.15, -0.1) is 24.0 Å². The van der Waals surface area contributed by atoms with Crippen molar-refractivity contribution in [2.45, 2.75) is 116 Å². The third kappa shape index (κ3) is 22.6. The minimum Gasteiger partial charge on any atom is -0.473 e. The number of fused-ring (bicyclic) bond motifs is 3. The zero-order valence-electron chi connectivity index (χ0n) is 50.4. The van der Waals surface area contributed by atoms with E-state index < -0.39 is 19.8 Å². The number of rotatable bonds is 7. The molecule has 0 aromatic heterocycles. The Balaban J connectivity index is 0.